The van der Waals surface area contributed by atoms with Gasteiger partial charge in [0.05, 0.1) is 11.5 Å². The zero-order valence-electron chi connectivity index (χ0n) is 10.2. The van der Waals surface area contributed by atoms with Gasteiger partial charge in [-0.05, 0) is 25.7 Å². The average Bonchev–Trinajstić information content (AvgIpc) is 2.98. The topological polar surface area (TPSA) is 66.5 Å². The van der Waals surface area contributed by atoms with Gasteiger partial charge in [-0.3, -0.25) is 0 Å². The summed E-state index contributed by atoms with van der Waals surface area (Å²) in [5.41, 5.74) is 0. The fraction of sp³-hybridized carbons (Fsp3) is 0.909. The number of hydrogen-bond acceptors (Lipinski definition) is 3. The van der Waals surface area contributed by atoms with E-state index in [2.05, 4.69) is 5.32 Å². The molecule has 98 valence electrons. The summed E-state index contributed by atoms with van der Waals surface area (Å²) in [4.78, 5) is 13.7. The first-order valence-electron chi connectivity index (χ1n) is 6.29. The van der Waals surface area contributed by atoms with Crippen molar-refractivity contribution in [2.45, 2.75) is 44.7 Å². The third-order valence-corrected chi connectivity index (χ3v) is 5.03. The molecule has 2 fully saturated rings. The van der Waals surface area contributed by atoms with Gasteiger partial charge < -0.3 is 10.2 Å². The Balaban J connectivity index is 1.98. The minimum absolute atomic E-state index is 0.0866. The Bertz CT molecular complexity index is 390. The number of carbonyl (C=O) groups is 1. The van der Waals surface area contributed by atoms with Crippen LogP contribution in [-0.2, 0) is 9.84 Å². The SMILES string of the molecule is CCCN(C(=O)NC1CC1)[C@H]1CCS(=O)(=O)C1. The molecule has 0 aromatic carbocycles. The van der Waals surface area contributed by atoms with E-state index in [9.17, 15) is 13.2 Å². The Hall–Kier alpha value is -0.780. The molecule has 0 unspecified atom stereocenters. The van der Waals surface area contributed by atoms with E-state index in [0.717, 1.165) is 19.3 Å². The van der Waals surface area contributed by atoms with Gasteiger partial charge in [-0.15, -0.1) is 0 Å². The van der Waals surface area contributed by atoms with E-state index in [1.165, 1.54) is 0 Å². The van der Waals surface area contributed by atoms with Crippen LogP contribution in [0.3, 0.4) is 0 Å². The molecule has 5 nitrogen and oxygen atoms in total. The van der Waals surface area contributed by atoms with Gasteiger partial charge >= 0.3 is 6.03 Å². The standard InChI is InChI=1S/C11H20N2O3S/c1-2-6-13(11(14)12-9-3-4-9)10-5-7-17(15,16)8-10/h9-10H,2-8H2,1H3,(H,12,14)/t10-/m0/s1. The molecule has 1 saturated carbocycles. The molecule has 0 spiro atoms. The van der Waals surface area contributed by atoms with Crippen LogP contribution in [0.5, 0.6) is 0 Å². The Morgan fingerprint density at radius 3 is 2.53 bits per heavy atom. The summed E-state index contributed by atoms with van der Waals surface area (Å²) in [7, 11) is -2.93. The molecule has 1 saturated heterocycles. The van der Waals surface area contributed by atoms with Gasteiger partial charge in [0.25, 0.3) is 0 Å². The van der Waals surface area contributed by atoms with Crippen LogP contribution in [0.1, 0.15) is 32.6 Å². The zero-order valence-corrected chi connectivity index (χ0v) is 11.0. The van der Waals surface area contributed by atoms with E-state index in [4.69, 9.17) is 0 Å². The number of rotatable bonds is 4. The molecule has 1 atom stereocenters. The van der Waals surface area contributed by atoms with Crippen molar-refractivity contribution >= 4 is 15.9 Å². The molecule has 6 heteroatoms. The first kappa shape index (κ1) is 12.7. The minimum atomic E-state index is -2.93. The maximum Gasteiger partial charge on any atom is 0.317 e. The molecule has 0 aromatic heterocycles. The molecular formula is C11H20N2O3S. The monoisotopic (exact) mass is 260 g/mol. The van der Waals surface area contributed by atoms with Gasteiger partial charge in [0, 0.05) is 18.6 Å². The number of sulfone groups is 1. The highest BCUT2D eigenvalue weighted by Gasteiger charge is 2.35. The normalized spacial score (nSPS) is 26.8. The summed E-state index contributed by atoms with van der Waals surface area (Å²) in [5.74, 6) is 0.347. The molecule has 2 aliphatic rings. The second-order valence-electron chi connectivity index (χ2n) is 4.97. The average molecular weight is 260 g/mol. The molecule has 0 bridgehead atoms. The van der Waals surface area contributed by atoms with Gasteiger partial charge in [0.2, 0.25) is 0 Å². The second kappa shape index (κ2) is 4.84. The van der Waals surface area contributed by atoms with Gasteiger partial charge in [-0.1, -0.05) is 6.92 Å². The molecule has 2 amide bonds. The van der Waals surface area contributed by atoms with Gasteiger partial charge in [-0.2, -0.15) is 0 Å². The van der Waals surface area contributed by atoms with Crippen LogP contribution in [0.2, 0.25) is 0 Å². The van der Waals surface area contributed by atoms with Crippen molar-refractivity contribution in [2.24, 2.45) is 0 Å². The highest BCUT2D eigenvalue weighted by atomic mass is 32.2. The lowest BCUT2D eigenvalue weighted by atomic mass is 10.2. The van der Waals surface area contributed by atoms with E-state index in [0.29, 0.717) is 19.0 Å². The molecule has 1 aliphatic heterocycles. The van der Waals surface area contributed by atoms with E-state index < -0.39 is 9.84 Å². The number of hydrogen-bond donors (Lipinski definition) is 1. The van der Waals surface area contributed by atoms with E-state index in [1.54, 1.807) is 4.90 Å². The summed E-state index contributed by atoms with van der Waals surface area (Å²) < 4.78 is 22.9. The van der Waals surface area contributed by atoms with Gasteiger partial charge in [0.15, 0.2) is 9.84 Å². The molecule has 1 N–H and O–H groups in total. The van der Waals surface area contributed by atoms with E-state index >= 15 is 0 Å². The molecule has 0 aromatic rings. The third-order valence-electron chi connectivity index (χ3n) is 3.28. The number of carbonyl (C=O) groups excluding carboxylic acids is 1. The van der Waals surface area contributed by atoms with Crippen molar-refractivity contribution < 1.29 is 13.2 Å². The van der Waals surface area contributed by atoms with Gasteiger partial charge in [0.1, 0.15) is 0 Å². The van der Waals surface area contributed by atoms with E-state index in [-0.39, 0.29) is 23.6 Å². The molecular weight excluding hydrogens is 240 g/mol. The predicted octanol–water partition coefficient (Wildman–Crippen LogP) is 0.758. The Kier molecular flexibility index (Phi) is 3.61. The molecule has 2 rings (SSSR count). The number of nitrogens with one attached hydrogen (secondary N) is 1. The largest absolute Gasteiger partial charge is 0.335 e. The second-order valence-corrected chi connectivity index (χ2v) is 7.20. The predicted molar refractivity (Wildman–Crippen MR) is 65.6 cm³/mol. The van der Waals surface area contributed by atoms with Gasteiger partial charge in [-0.25, -0.2) is 13.2 Å². The lowest BCUT2D eigenvalue weighted by molar-refractivity contribution is 0.179. The quantitative estimate of drug-likeness (QED) is 0.811. The van der Waals surface area contributed by atoms with Crippen molar-refractivity contribution in [1.82, 2.24) is 10.2 Å². The zero-order chi connectivity index (χ0) is 12.5. The summed E-state index contributed by atoms with van der Waals surface area (Å²) in [6.07, 6.45) is 3.54. The van der Waals surface area contributed by atoms with Crippen LogP contribution < -0.4 is 5.32 Å². The fourth-order valence-electron chi connectivity index (χ4n) is 2.20. The van der Waals surface area contributed by atoms with Crippen LogP contribution in [0.25, 0.3) is 0 Å². The smallest absolute Gasteiger partial charge is 0.317 e. The maximum atomic E-state index is 12.0. The van der Waals surface area contributed by atoms with Crippen molar-refractivity contribution in [3.05, 3.63) is 0 Å². The van der Waals surface area contributed by atoms with Crippen molar-refractivity contribution in [1.29, 1.82) is 0 Å². The van der Waals surface area contributed by atoms with Crippen LogP contribution in [0.15, 0.2) is 0 Å². The first-order valence-corrected chi connectivity index (χ1v) is 8.11. The summed E-state index contributed by atoms with van der Waals surface area (Å²) >= 11 is 0. The summed E-state index contributed by atoms with van der Waals surface area (Å²) in [6.45, 7) is 2.64. The maximum absolute atomic E-state index is 12.0. The first-order chi connectivity index (χ1) is 8.02. The lowest BCUT2D eigenvalue weighted by Crippen LogP contribution is -2.47. The highest BCUT2D eigenvalue weighted by Crippen LogP contribution is 2.22. The van der Waals surface area contributed by atoms with Crippen LogP contribution in [-0.4, -0.2) is 49.5 Å². The number of urea groups is 1. The number of amides is 2. The molecule has 0 radical (unpaired) electrons. The third kappa shape index (κ3) is 3.34. The Morgan fingerprint density at radius 2 is 2.06 bits per heavy atom. The molecule has 1 heterocycles. The Labute approximate surface area is 102 Å². The van der Waals surface area contributed by atoms with E-state index in [1.807, 2.05) is 6.92 Å². The highest BCUT2D eigenvalue weighted by molar-refractivity contribution is 7.91. The lowest BCUT2D eigenvalue weighted by Gasteiger charge is -2.28. The van der Waals surface area contributed by atoms with Crippen molar-refractivity contribution in [3.8, 4) is 0 Å². The van der Waals surface area contributed by atoms with Crippen LogP contribution in [0.4, 0.5) is 4.79 Å². The van der Waals surface area contributed by atoms with Crippen molar-refractivity contribution in [2.75, 3.05) is 18.1 Å². The summed E-state index contributed by atoms with van der Waals surface area (Å²) in [5, 5.41) is 2.94. The molecule has 1 aliphatic carbocycles. The fourth-order valence-corrected chi connectivity index (χ4v) is 3.93. The Morgan fingerprint density at radius 1 is 1.35 bits per heavy atom. The van der Waals surface area contributed by atoms with Crippen molar-refractivity contribution in [3.63, 3.8) is 0 Å². The molecule has 17 heavy (non-hydrogen) atoms. The number of nitrogens with zero attached hydrogens (tertiary/aromatic N) is 1. The minimum Gasteiger partial charge on any atom is -0.335 e. The van der Waals surface area contributed by atoms with Crippen LogP contribution in [0, 0.1) is 0 Å². The summed E-state index contributed by atoms with van der Waals surface area (Å²) in [6, 6.07) is 0.106. The van der Waals surface area contributed by atoms with Crippen LogP contribution >= 0.6 is 0 Å².